The summed E-state index contributed by atoms with van der Waals surface area (Å²) in [6.45, 7) is 4.17. The molecule has 0 aliphatic heterocycles. The molecule has 0 amide bonds. The Morgan fingerprint density at radius 3 is 2.27 bits per heavy atom. The smallest absolute Gasteiger partial charge is 0.337 e. The highest BCUT2D eigenvalue weighted by molar-refractivity contribution is 5.89. The van der Waals surface area contributed by atoms with Gasteiger partial charge < -0.3 is 4.74 Å². The Balaban J connectivity index is 2.90. The van der Waals surface area contributed by atoms with Crippen molar-refractivity contribution in [2.45, 2.75) is 20.3 Å². The summed E-state index contributed by atoms with van der Waals surface area (Å²) in [7, 11) is 1.39. The molecule has 80 valence electrons. The molecule has 0 bridgehead atoms. The van der Waals surface area contributed by atoms with Gasteiger partial charge in [0.05, 0.1) is 12.7 Å². The first-order valence-corrected chi connectivity index (χ1v) is 5.04. The SMILES string of the molecule is CC/C=C(/C)c1ccc(C(=O)OC)cc1. The quantitative estimate of drug-likeness (QED) is 0.706. The van der Waals surface area contributed by atoms with Crippen LogP contribution in [0.3, 0.4) is 0 Å². The molecule has 0 heterocycles. The predicted octanol–water partition coefficient (Wildman–Crippen LogP) is 3.29. The van der Waals surface area contributed by atoms with E-state index in [-0.39, 0.29) is 5.97 Å². The van der Waals surface area contributed by atoms with Crippen LogP contribution in [0.1, 0.15) is 36.2 Å². The molecule has 0 aromatic heterocycles. The molecule has 0 spiro atoms. The second-order valence-corrected chi connectivity index (χ2v) is 3.36. The van der Waals surface area contributed by atoms with Crippen LogP contribution in [0, 0.1) is 0 Å². The molecule has 2 nitrogen and oxygen atoms in total. The Morgan fingerprint density at radius 1 is 1.27 bits per heavy atom. The topological polar surface area (TPSA) is 26.3 Å². The lowest BCUT2D eigenvalue weighted by Gasteiger charge is -2.03. The number of benzene rings is 1. The lowest BCUT2D eigenvalue weighted by Crippen LogP contribution is -2.00. The molecule has 0 unspecified atom stereocenters. The first-order chi connectivity index (χ1) is 7.19. The molecule has 0 fully saturated rings. The fraction of sp³-hybridized carbons (Fsp3) is 0.308. The van der Waals surface area contributed by atoms with E-state index in [1.807, 2.05) is 12.1 Å². The van der Waals surface area contributed by atoms with Crippen LogP contribution in [0.2, 0.25) is 0 Å². The number of hydrogen-bond acceptors (Lipinski definition) is 2. The van der Waals surface area contributed by atoms with Gasteiger partial charge in [0.15, 0.2) is 0 Å². The van der Waals surface area contributed by atoms with Crippen molar-refractivity contribution in [3.05, 3.63) is 41.5 Å². The number of ether oxygens (including phenoxy) is 1. The summed E-state index contributed by atoms with van der Waals surface area (Å²) in [6, 6.07) is 7.45. The van der Waals surface area contributed by atoms with E-state index in [0.29, 0.717) is 5.56 Å². The van der Waals surface area contributed by atoms with Crippen LogP contribution in [0.25, 0.3) is 5.57 Å². The minimum Gasteiger partial charge on any atom is -0.465 e. The number of carbonyl (C=O) groups excluding carboxylic acids is 1. The molecule has 1 aromatic rings. The molecule has 0 N–H and O–H groups in total. The van der Waals surface area contributed by atoms with Gasteiger partial charge in [-0.3, -0.25) is 0 Å². The second kappa shape index (κ2) is 5.35. The fourth-order valence-corrected chi connectivity index (χ4v) is 1.41. The molecule has 15 heavy (non-hydrogen) atoms. The van der Waals surface area contributed by atoms with Crippen LogP contribution in [0.4, 0.5) is 0 Å². The zero-order chi connectivity index (χ0) is 11.3. The lowest BCUT2D eigenvalue weighted by atomic mass is 10.0. The minimum atomic E-state index is -0.293. The molecule has 1 aromatic carbocycles. The van der Waals surface area contributed by atoms with E-state index in [1.54, 1.807) is 12.1 Å². The van der Waals surface area contributed by atoms with Crippen molar-refractivity contribution >= 4 is 11.5 Å². The summed E-state index contributed by atoms with van der Waals surface area (Å²) in [6.07, 6.45) is 3.18. The van der Waals surface area contributed by atoms with Crippen LogP contribution in [0.15, 0.2) is 30.3 Å². The molecule has 0 aliphatic carbocycles. The maximum atomic E-state index is 11.2. The second-order valence-electron chi connectivity index (χ2n) is 3.36. The molecule has 0 aliphatic rings. The summed E-state index contributed by atoms with van der Waals surface area (Å²) >= 11 is 0. The van der Waals surface area contributed by atoms with Crippen LogP contribution >= 0.6 is 0 Å². The van der Waals surface area contributed by atoms with Gasteiger partial charge in [-0.05, 0) is 36.6 Å². The number of esters is 1. The van der Waals surface area contributed by atoms with Crippen molar-refractivity contribution in [3.63, 3.8) is 0 Å². The highest BCUT2D eigenvalue weighted by Crippen LogP contribution is 2.15. The van der Waals surface area contributed by atoms with Crippen LogP contribution in [-0.4, -0.2) is 13.1 Å². The molecular formula is C13H16O2. The van der Waals surface area contributed by atoms with Gasteiger partial charge in [-0.25, -0.2) is 4.79 Å². The fourth-order valence-electron chi connectivity index (χ4n) is 1.41. The molecule has 0 radical (unpaired) electrons. The van der Waals surface area contributed by atoms with Gasteiger partial charge in [0.2, 0.25) is 0 Å². The standard InChI is InChI=1S/C13H16O2/c1-4-5-10(2)11-6-8-12(9-7-11)13(14)15-3/h5-9H,4H2,1-3H3/b10-5-. The van der Waals surface area contributed by atoms with Gasteiger partial charge in [0.25, 0.3) is 0 Å². The van der Waals surface area contributed by atoms with Crippen molar-refractivity contribution in [2.24, 2.45) is 0 Å². The van der Waals surface area contributed by atoms with Crippen molar-refractivity contribution in [1.29, 1.82) is 0 Å². The monoisotopic (exact) mass is 204 g/mol. The summed E-state index contributed by atoms with van der Waals surface area (Å²) in [4.78, 5) is 11.2. The summed E-state index contributed by atoms with van der Waals surface area (Å²) < 4.78 is 4.63. The van der Waals surface area contributed by atoms with Gasteiger partial charge in [-0.2, -0.15) is 0 Å². The van der Waals surface area contributed by atoms with E-state index in [4.69, 9.17) is 0 Å². The summed E-state index contributed by atoms with van der Waals surface area (Å²) in [5.74, 6) is -0.293. The number of rotatable bonds is 3. The molecule has 0 atom stereocenters. The zero-order valence-electron chi connectivity index (χ0n) is 9.41. The first-order valence-electron chi connectivity index (χ1n) is 5.04. The largest absolute Gasteiger partial charge is 0.465 e. The van der Waals surface area contributed by atoms with E-state index in [9.17, 15) is 4.79 Å². The van der Waals surface area contributed by atoms with E-state index in [1.165, 1.54) is 12.7 Å². The Bertz CT molecular complexity index is 361. The number of carbonyl (C=O) groups is 1. The van der Waals surface area contributed by atoms with Gasteiger partial charge >= 0.3 is 5.97 Å². The van der Waals surface area contributed by atoms with Gasteiger partial charge in [-0.15, -0.1) is 0 Å². The third-order valence-electron chi connectivity index (χ3n) is 2.27. The minimum absolute atomic E-state index is 0.293. The Hall–Kier alpha value is -1.57. The van der Waals surface area contributed by atoms with Crippen LogP contribution in [0.5, 0.6) is 0 Å². The van der Waals surface area contributed by atoms with E-state index in [2.05, 4.69) is 24.7 Å². The molecule has 0 saturated carbocycles. The highest BCUT2D eigenvalue weighted by atomic mass is 16.5. The number of methoxy groups -OCH3 is 1. The number of allylic oxidation sites excluding steroid dienone is 2. The van der Waals surface area contributed by atoms with E-state index in [0.717, 1.165) is 12.0 Å². The third-order valence-corrected chi connectivity index (χ3v) is 2.27. The van der Waals surface area contributed by atoms with Crippen molar-refractivity contribution in [2.75, 3.05) is 7.11 Å². The average molecular weight is 204 g/mol. The Labute approximate surface area is 90.6 Å². The third kappa shape index (κ3) is 2.94. The van der Waals surface area contributed by atoms with Gasteiger partial charge in [0, 0.05) is 0 Å². The van der Waals surface area contributed by atoms with Crippen molar-refractivity contribution in [1.82, 2.24) is 0 Å². The normalized spacial score (nSPS) is 11.3. The predicted molar refractivity (Wildman–Crippen MR) is 61.7 cm³/mol. The zero-order valence-corrected chi connectivity index (χ0v) is 9.41. The van der Waals surface area contributed by atoms with E-state index < -0.39 is 0 Å². The Morgan fingerprint density at radius 2 is 1.80 bits per heavy atom. The summed E-state index contributed by atoms with van der Waals surface area (Å²) in [5, 5.41) is 0. The lowest BCUT2D eigenvalue weighted by molar-refractivity contribution is 0.0601. The number of hydrogen-bond donors (Lipinski definition) is 0. The molecule has 1 rings (SSSR count). The van der Waals surface area contributed by atoms with Crippen molar-refractivity contribution in [3.8, 4) is 0 Å². The molecule has 0 saturated heterocycles. The van der Waals surface area contributed by atoms with Gasteiger partial charge in [-0.1, -0.05) is 25.1 Å². The average Bonchev–Trinajstić information content (AvgIpc) is 2.28. The van der Waals surface area contributed by atoms with Gasteiger partial charge in [0.1, 0.15) is 0 Å². The molecular weight excluding hydrogens is 188 g/mol. The Kier molecular flexibility index (Phi) is 4.10. The maximum absolute atomic E-state index is 11.2. The van der Waals surface area contributed by atoms with Crippen LogP contribution < -0.4 is 0 Å². The van der Waals surface area contributed by atoms with Crippen LogP contribution in [-0.2, 0) is 4.74 Å². The highest BCUT2D eigenvalue weighted by Gasteiger charge is 2.04. The molecule has 2 heteroatoms. The summed E-state index contributed by atoms with van der Waals surface area (Å²) in [5.41, 5.74) is 2.96. The first kappa shape index (κ1) is 11.5. The maximum Gasteiger partial charge on any atom is 0.337 e. The van der Waals surface area contributed by atoms with E-state index >= 15 is 0 Å². The van der Waals surface area contributed by atoms with Crippen molar-refractivity contribution < 1.29 is 9.53 Å².